The second-order valence-electron chi connectivity index (χ2n) is 5.37. The van der Waals surface area contributed by atoms with Gasteiger partial charge in [0.05, 0.1) is 0 Å². The highest BCUT2D eigenvalue weighted by Crippen LogP contribution is 2.64. The predicted octanol–water partition coefficient (Wildman–Crippen LogP) is 5.13. The lowest BCUT2D eigenvalue weighted by atomic mass is 9.96. The molecule has 2 nitrogen and oxygen atoms in total. The van der Waals surface area contributed by atoms with Crippen LogP contribution in [0.25, 0.3) is 0 Å². The third-order valence-corrected chi connectivity index (χ3v) is 3.38. The number of halogens is 14. The standard InChI is InChI=1S/C10H6F14O2/c1-3(11,12)4(2)25-8(19,10(23,24)26-4)6(15,16)5(13,14)7(17,18)9(20,21)22/h1-2H3. The van der Waals surface area contributed by atoms with Gasteiger partial charge < -0.3 is 0 Å². The van der Waals surface area contributed by atoms with Crippen LogP contribution in [0.1, 0.15) is 13.8 Å². The van der Waals surface area contributed by atoms with Gasteiger partial charge in [-0.25, -0.2) is 8.78 Å². The summed E-state index contributed by atoms with van der Waals surface area (Å²) in [5.41, 5.74) is 0. The SMILES string of the molecule is CC(F)(F)C1(C)OC(F)(F)C(F)(C(F)(F)C(F)(F)C(F)(F)C(F)(F)F)O1. The highest BCUT2D eigenvalue weighted by molar-refractivity contribution is 5.12. The van der Waals surface area contributed by atoms with Crippen LogP contribution >= 0.6 is 0 Å². The van der Waals surface area contributed by atoms with Gasteiger partial charge in [0, 0.05) is 6.92 Å². The zero-order chi connectivity index (χ0) is 21.4. The van der Waals surface area contributed by atoms with Crippen molar-refractivity contribution in [3.63, 3.8) is 0 Å². The van der Waals surface area contributed by atoms with Gasteiger partial charge in [-0.2, -0.15) is 52.7 Å². The van der Waals surface area contributed by atoms with E-state index < -0.39 is 54.5 Å². The Hall–Kier alpha value is -1.06. The summed E-state index contributed by atoms with van der Waals surface area (Å²) in [4.78, 5) is 0. The molecule has 1 aliphatic rings. The van der Waals surface area contributed by atoms with Crippen molar-refractivity contribution in [2.24, 2.45) is 0 Å². The van der Waals surface area contributed by atoms with Crippen molar-refractivity contribution in [2.75, 3.05) is 0 Å². The fraction of sp³-hybridized carbons (Fsp3) is 1.00. The summed E-state index contributed by atoms with van der Waals surface area (Å²) in [6.45, 7) is -0.742. The first-order valence-electron chi connectivity index (χ1n) is 5.96. The number of hydrogen-bond donors (Lipinski definition) is 0. The Balaban J connectivity index is 3.60. The first kappa shape index (κ1) is 23.0. The molecule has 26 heavy (non-hydrogen) atoms. The zero-order valence-corrected chi connectivity index (χ0v) is 12.1. The summed E-state index contributed by atoms with van der Waals surface area (Å²) < 4.78 is 187. The van der Waals surface area contributed by atoms with Crippen LogP contribution in [0.2, 0.25) is 0 Å². The van der Waals surface area contributed by atoms with Crippen LogP contribution in [0.15, 0.2) is 0 Å². The van der Waals surface area contributed by atoms with Crippen molar-refractivity contribution in [1.82, 2.24) is 0 Å². The van der Waals surface area contributed by atoms with E-state index in [-0.39, 0.29) is 6.92 Å². The monoisotopic (exact) mass is 424 g/mol. The summed E-state index contributed by atoms with van der Waals surface area (Å²) in [6.07, 6.45) is -13.9. The van der Waals surface area contributed by atoms with Gasteiger partial charge >= 0.3 is 35.9 Å². The van der Waals surface area contributed by atoms with Crippen molar-refractivity contribution in [1.29, 1.82) is 0 Å². The average Bonchev–Trinajstić information content (AvgIpc) is 2.54. The Bertz CT molecular complexity index is 563. The van der Waals surface area contributed by atoms with Gasteiger partial charge in [0.2, 0.25) is 5.79 Å². The molecule has 0 bridgehead atoms. The Morgan fingerprint density at radius 3 is 1.31 bits per heavy atom. The molecule has 1 fully saturated rings. The molecule has 0 aromatic carbocycles. The third kappa shape index (κ3) is 2.62. The molecule has 1 rings (SSSR count). The van der Waals surface area contributed by atoms with Gasteiger partial charge in [-0.1, -0.05) is 0 Å². The Morgan fingerprint density at radius 2 is 1.04 bits per heavy atom. The van der Waals surface area contributed by atoms with E-state index in [0.717, 1.165) is 0 Å². The van der Waals surface area contributed by atoms with E-state index >= 15 is 0 Å². The maximum absolute atomic E-state index is 13.9. The minimum Gasteiger partial charge on any atom is -0.295 e. The van der Waals surface area contributed by atoms with E-state index in [0.29, 0.717) is 0 Å². The van der Waals surface area contributed by atoms with Gasteiger partial charge in [-0.05, 0) is 6.92 Å². The molecule has 16 heteroatoms. The molecule has 0 saturated carbocycles. The Labute approximate surface area is 134 Å². The normalized spacial score (nSPS) is 31.4. The Kier molecular flexibility index (Phi) is 4.65. The van der Waals surface area contributed by atoms with E-state index in [2.05, 4.69) is 9.47 Å². The van der Waals surface area contributed by atoms with Crippen molar-refractivity contribution in [3.8, 4) is 0 Å². The zero-order valence-electron chi connectivity index (χ0n) is 12.1. The van der Waals surface area contributed by atoms with Crippen molar-refractivity contribution >= 4 is 0 Å². The maximum atomic E-state index is 13.9. The van der Waals surface area contributed by atoms with Crippen LogP contribution in [0.3, 0.4) is 0 Å². The molecule has 0 aromatic rings. The van der Waals surface area contributed by atoms with Gasteiger partial charge in [0.1, 0.15) is 0 Å². The highest BCUT2D eigenvalue weighted by Gasteiger charge is 2.94. The fourth-order valence-electron chi connectivity index (χ4n) is 1.66. The van der Waals surface area contributed by atoms with Crippen molar-refractivity contribution in [2.45, 2.75) is 61.5 Å². The van der Waals surface area contributed by atoms with Crippen LogP contribution < -0.4 is 0 Å². The van der Waals surface area contributed by atoms with E-state index in [4.69, 9.17) is 0 Å². The van der Waals surface area contributed by atoms with E-state index in [1.807, 2.05) is 0 Å². The molecule has 1 saturated heterocycles. The molecule has 1 aliphatic heterocycles. The lowest BCUT2D eigenvalue weighted by molar-refractivity contribution is -0.455. The largest absolute Gasteiger partial charge is 0.460 e. The van der Waals surface area contributed by atoms with Crippen LogP contribution in [0.4, 0.5) is 61.5 Å². The number of hydrogen-bond acceptors (Lipinski definition) is 2. The lowest BCUT2D eigenvalue weighted by Gasteiger charge is -2.39. The molecule has 2 atom stereocenters. The molecule has 0 N–H and O–H groups in total. The van der Waals surface area contributed by atoms with E-state index in [9.17, 15) is 61.5 Å². The molecular formula is C10H6F14O2. The predicted molar refractivity (Wildman–Crippen MR) is 50.9 cm³/mol. The number of rotatable bonds is 4. The second-order valence-corrected chi connectivity index (χ2v) is 5.37. The number of alkyl halides is 14. The highest BCUT2D eigenvalue weighted by atomic mass is 19.4. The summed E-state index contributed by atoms with van der Waals surface area (Å²) in [5, 5.41) is 0. The minimum atomic E-state index is -7.89. The van der Waals surface area contributed by atoms with Gasteiger partial charge in [0.15, 0.2) is 0 Å². The molecule has 2 unspecified atom stereocenters. The molecule has 0 spiro atoms. The average molecular weight is 424 g/mol. The van der Waals surface area contributed by atoms with Crippen LogP contribution in [0.5, 0.6) is 0 Å². The molecule has 156 valence electrons. The van der Waals surface area contributed by atoms with Gasteiger partial charge in [-0.15, -0.1) is 0 Å². The molecule has 0 radical (unpaired) electrons. The van der Waals surface area contributed by atoms with E-state index in [1.54, 1.807) is 0 Å². The topological polar surface area (TPSA) is 18.5 Å². The maximum Gasteiger partial charge on any atom is 0.460 e. The summed E-state index contributed by atoms with van der Waals surface area (Å²) >= 11 is 0. The van der Waals surface area contributed by atoms with Crippen LogP contribution in [0, 0.1) is 0 Å². The first-order chi connectivity index (χ1) is 10.9. The fourth-order valence-corrected chi connectivity index (χ4v) is 1.66. The van der Waals surface area contributed by atoms with Gasteiger partial charge in [-0.3, -0.25) is 9.47 Å². The Morgan fingerprint density at radius 1 is 0.654 bits per heavy atom. The third-order valence-electron chi connectivity index (χ3n) is 3.38. The first-order valence-corrected chi connectivity index (χ1v) is 5.96. The summed E-state index contributed by atoms with van der Waals surface area (Å²) in [6, 6.07) is 0. The van der Waals surface area contributed by atoms with Crippen molar-refractivity contribution < 1.29 is 70.9 Å². The van der Waals surface area contributed by atoms with Gasteiger partial charge in [0.25, 0.3) is 5.92 Å². The molecule has 0 aliphatic carbocycles. The smallest absolute Gasteiger partial charge is 0.295 e. The summed E-state index contributed by atoms with van der Waals surface area (Å²) in [7, 11) is 0. The second kappa shape index (κ2) is 5.26. The quantitative estimate of drug-likeness (QED) is 0.583. The van der Waals surface area contributed by atoms with E-state index in [1.165, 1.54) is 0 Å². The van der Waals surface area contributed by atoms with Crippen LogP contribution in [-0.4, -0.2) is 47.6 Å². The molecule has 1 heterocycles. The minimum absolute atomic E-state index is 0.349. The molecular weight excluding hydrogens is 418 g/mol. The lowest BCUT2D eigenvalue weighted by Crippen LogP contribution is -2.71. The van der Waals surface area contributed by atoms with Crippen molar-refractivity contribution in [3.05, 3.63) is 0 Å². The molecule has 0 amide bonds. The summed E-state index contributed by atoms with van der Waals surface area (Å²) in [5.74, 6) is -39.4. The number of ether oxygens (including phenoxy) is 2. The molecule has 0 aromatic heterocycles. The van der Waals surface area contributed by atoms with Crippen LogP contribution in [-0.2, 0) is 9.47 Å².